The van der Waals surface area contributed by atoms with Crippen LogP contribution in [0.15, 0.2) is 151 Å². The molecule has 6 aromatic carbocycles. The van der Waals surface area contributed by atoms with E-state index in [0.717, 1.165) is 59.1 Å². The number of nitrogens with one attached hydrogen (secondary N) is 2. The van der Waals surface area contributed by atoms with Crippen molar-refractivity contribution in [3.8, 4) is 46.0 Å². The van der Waals surface area contributed by atoms with Crippen molar-refractivity contribution in [1.82, 2.24) is 30.2 Å². The minimum Gasteiger partial charge on any atom is -0.493 e. The predicted molar refractivity (Wildman–Crippen MR) is 560 cm³/mol. The van der Waals surface area contributed by atoms with Crippen molar-refractivity contribution < 1.29 is 124 Å². The number of aliphatic carboxylic acids is 1. The number of rotatable bonds is 54. The molecule has 0 aliphatic carbocycles. The van der Waals surface area contributed by atoms with Gasteiger partial charge in [0.2, 0.25) is 11.8 Å². The molecule has 0 bridgehead atoms. The van der Waals surface area contributed by atoms with Crippen LogP contribution >= 0.6 is 23.5 Å². The van der Waals surface area contributed by atoms with Crippen molar-refractivity contribution in [1.29, 1.82) is 0 Å². The van der Waals surface area contributed by atoms with E-state index >= 15 is 0 Å². The summed E-state index contributed by atoms with van der Waals surface area (Å²) < 4.78 is 96.3. The zero-order valence-electron chi connectivity index (χ0n) is 86.1. The Morgan fingerprint density at radius 3 is 0.850 bits per heavy atom. The number of nitrogens with zero attached hydrogens (tertiary/aromatic N) is 8. The van der Waals surface area contributed by atoms with E-state index in [2.05, 4.69) is 91.6 Å². The van der Waals surface area contributed by atoms with Gasteiger partial charge in [0.1, 0.15) is 26.4 Å². The Morgan fingerprint density at radius 2 is 0.605 bits per heavy atom. The number of hydrogen-bond donors (Lipinski definition) is 3. The number of benzene rings is 6. The van der Waals surface area contributed by atoms with Gasteiger partial charge in [0.25, 0.3) is 23.6 Å². The quantitative estimate of drug-likeness (QED) is 0.0181. The van der Waals surface area contributed by atoms with Gasteiger partial charge in [-0.05, 0) is 151 Å². The van der Waals surface area contributed by atoms with Gasteiger partial charge in [0, 0.05) is 97.9 Å². The Balaban J connectivity index is 0.000000246. The minimum atomic E-state index is -0.901. The average molecular weight is 2070 g/mol. The number of carboxylic acid groups (broad SMARTS) is 1. The van der Waals surface area contributed by atoms with Gasteiger partial charge in [-0.1, -0.05) is 70.9 Å². The number of esters is 1. The van der Waals surface area contributed by atoms with Crippen LogP contribution in [-0.2, 0) is 97.7 Å². The van der Waals surface area contributed by atoms with Crippen LogP contribution in [-0.4, -0.2) is 313 Å². The van der Waals surface area contributed by atoms with Crippen LogP contribution < -0.4 is 48.5 Å². The minimum absolute atomic E-state index is 0.0394. The Bertz CT molecular complexity index is 5640. The van der Waals surface area contributed by atoms with Crippen LogP contribution in [0.2, 0.25) is 0 Å². The monoisotopic (exact) mass is 2060 g/mol. The van der Waals surface area contributed by atoms with Crippen LogP contribution in [0.3, 0.4) is 0 Å². The molecule has 0 aromatic heterocycles. The number of thioether (sulfide) groups is 2. The van der Waals surface area contributed by atoms with Crippen LogP contribution in [0.25, 0.3) is 0 Å². The second kappa shape index (κ2) is 55.0. The molecule has 0 spiro atoms. The first-order valence-corrected chi connectivity index (χ1v) is 51.5. The second-order valence-electron chi connectivity index (χ2n) is 36.7. The number of hydrogen-bond acceptors (Lipinski definition) is 31. The molecule has 0 unspecified atom stereocenters. The lowest BCUT2D eigenvalue weighted by Crippen LogP contribution is -2.35. The van der Waals surface area contributed by atoms with E-state index in [4.69, 9.17) is 101 Å². The number of amides is 6. The van der Waals surface area contributed by atoms with Crippen LogP contribution in [0.5, 0.6) is 46.0 Å². The zero-order valence-corrected chi connectivity index (χ0v) is 87.7. The number of carboxylic acids is 1. The van der Waals surface area contributed by atoms with E-state index in [0.29, 0.717) is 223 Å². The van der Waals surface area contributed by atoms with Gasteiger partial charge in [0.05, 0.1) is 235 Å². The van der Waals surface area contributed by atoms with E-state index in [1.54, 1.807) is 77.0 Å². The molecule has 4 fully saturated rings. The fourth-order valence-electron chi connectivity index (χ4n) is 17.5. The molecule has 8 heterocycles. The highest BCUT2D eigenvalue weighted by atomic mass is 32.2. The summed E-state index contributed by atoms with van der Waals surface area (Å²) in [5.41, 5.74) is 13.8. The first-order valence-electron chi connectivity index (χ1n) is 49.5. The zero-order chi connectivity index (χ0) is 105. The summed E-state index contributed by atoms with van der Waals surface area (Å²) >= 11 is 2.99. The molecule has 0 saturated carbocycles. The maximum absolute atomic E-state index is 13.8. The number of allylic oxidation sites excluding steroid dienone is 4. The smallest absolute Gasteiger partial charge is 0.307 e. The summed E-state index contributed by atoms with van der Waals surface area (Å²) in [7, 11) is 7.52. The highest BCUT2D eigenvalue weighted by Crippen LogP contribution is 2.47. The van der Waals surface area contributed by atoms with Crippen molar-refractivity contribution in [2.45, 2.75) is 154 Å². The first-order chi connectivity index (χ1) is 71.1. The summed E-state index contributed by atoms with van der Waals surface area (Å²) in [5.74, 6) is 1.83. The Labute approximate surface area is 867 Å². The standard InChI is InChI=1S/C55H69N5O13S.C54H67N5O13S/c1-8-36-23-41-29-57-45-27-49(47(65-5)25-43(45)53(63)59(41)31-36)72-33-38-20-39(34-73-50-28-46-44(26-48(50)66-6)54(64)60-32-37(9-2)24-42(60)30-58-46)22-40(21-38)55(3,4)74-35-51(61)56-11-13-69-15-17-71-19-18-70-16-14-68-12-10-52(62)67-7;1-7-35-22-40-28-56-44-26-48(46(65-5)24-42(44)52(63)58(40)30-35)71-32-37-19-38(33-72-49-27-45-43(25-47(49)66-6)53(64)59-31-36(8-2)23-41(59)29-57-45)21-39(20-37)54(3,4)73-34-50(60)55-10-12-68-14-16-70-18-17-69-15-13-67-11-9-51(61)62/h8-9,20-22,25-30,41-42H,10-19,23-24,31-35H2,1-7H3,(H,56,61);7-8,19-21,24-29,40-41H,9-18,22-23,30-34H2,1-6H3,(H,55,60)(H,61,62)/b36-8+,37-9+;35-7+,36-8+/t41-,42-;40-,41-/m00/s1. The molecule has 8 aliphatic rings. The van der Waals surface area contributed by atoms with E-state index in [1.165, 1.54) is 52.9 Å². The molecule has 6 aromatic rings. The van der Waals surface area contributed by atoms with Gasteiger partial charge in [-0.15, -0.1) is 23.5 Å². The maximum Gasteiger partial charge on any atom is 0.307 e. The number of ether oxygens (including phenoxy) is 17. The first kappa shape index (κ1) is 112. The molecule has 38 heteroatoms. The van der Waals surface area contributed by atoms with Gasteiger partial charge in [-0.2, -0.15) is 0 Å². The summed E-state index contributed by atoms with van der Waals surface area (Å²) in [4.78, 5) is 129. The van der Waals surface area contributed by atoms with Crippen molar-refractivity contribution >= 4 is 119 Å². The largest absolute Gasteiger partial charge is 0.493 e. The molecule has 0 radical (unpaired) electrons. The third kappa shape index (κ3) is 30.9. The van der Waals surface area contributed by atoms with E-state index in [1.807, 2.05) is 84.3 Å². The molecule has 147 heavy (non-hydrogen) atoms. The van der Waals surface area contributed by atoms with E-state index < -0.39 is 15.5 Å². The summed E-state index contributed by atoms with van der Waals surface area (Å²) in [6.07, 6.45) is 18.7. The van der Waals surface area contributed by atoms with Gasteiger partial charge >= 0.3 is 11.9 Å². The fourth-order valence-corrected chi connectivity index (χ4v) is 19.2. The van der Waals surface area contributed by atoms with Crippen molar-refractivity contribution in [2.24, 2.45) is 20.0 Å². The predicted octanol–water partition coefficient (Wildman–Crippen LogP) is 14.6. The van der Waals surface area contributed by atoms with Crippen molar-refractivity contribution in [3.63, 3.8) is 0 Å². The van der Waals surface area contributed by atoms with E-state index in [-0.39, 0.29) is 130 Å². The molecule has 36 nitrogen and oxygen atoms in total. The molecular weight excluding hydrogens is 1930 g/mol. The van der Waals surface area contributed by atoms with Gasteiger partial charge in [-0.3, -0.25) is 58.3 Å². The van der Waals surface area contributed by atoms with E-state index in [9.17, 15) is 38.4 Å². The molecule has 4 saturated heterocycles. The molecule has 8 aliphatic heterocycles. The fraction of sp³-hybridized carbons (Fsp3) is 0.486. The SMILES string of the molecule is C/C=C1\C[C@H]2C=Nc3cc(OCc4cc(COc5cc6c(cc5OC)C(=O)N5C/C(=C/C)C[C@H]5C=N6)cc(C(C)(C)SCC(=O)NCCOCCOCCOCCOCCC(=O)O)c4)c(OC)cc3C(=O)N2C1.C/C=C1\C[C@H]2C=Nc3cc(OCc4cc(COc5cc6c(cc5OC)C(=O)N5C/C(=C/C)C[C@H]5C=N6)cc(C(C)(C)SCC(=O)NCCOCCOCCOCCOCCC(=O)OC)c4)c(OC)cc3C(=O)N2C1. The lowest BCUT2D eigenvalue weighted by molar-refractivity contribution is -0.142. The van der Waals surface area contributed by atoms with Crippen molar-refractivity contribution in [2.75, 3.05) is 192 Å². The lowest BCUT2D eigenvalue weighted by Gasteiger charge is -2.26. The highest BCUT2D eigenvalue weighted by Gasteiger charge is 2.41. The van der Waals surface area contributed by atoms with Crippen LogP contribution in [0.4, 0.5) is 22.7 Å². The number of carbonyl (C=O) groups excluding carboxylic acids is 7. The molecular formula is C109H136N10O26S2. The van der Waals surface area contributed by atoms with Crippen LogP contribution in [0.1, 0.15) is 169 Å². The maximum atomic E-state index is 13.8. The topological polar surface area (TPSA) is 400 Å². The van der Waals surface area contributed by atoms with Crippen LogP contribution in [0, 0.1) is 0 Å². The molecule has 6 amide bonds. The summed E-state index contributed by atoms with van der Waals surface area (Å²) in [5, 5.41) is 14.5. The number of carbonyl (C=O) groups is 8. The number of fused-ring (bicyclic) bond motifs is 8. The Hall–Kier alpha value is -12.5. The third-order valence-electron chi connectivity index (χ3n) is 26.0. The molecule has 14 rings (SSSR count). The van der Waals surface area contributed by atoms with Gasteiger partial charge in [0.15, 0.2) is 46.0 Å². The second-order valence-corrected chi connectivity index (χ2v) is 39.9. The normalized spacial score (nSPS) is 18.0. The molecule has 4 atom stereocenters. The Kier molecular flexibility index (Phi) is 41.8. The summed E-state index contributed by atoms with van der Waals surface area (Å²) in [6.45, 7) is 25.2. The Morgan fingerprint density at radius 1 is 0.354 bits per heavy atom. The lowest BCUT2D eigenvalue weighted by atomic mass is 9.97. The number of aliphatic imine (C=N–C) groups is 4. The van der Waals surface area contributed by atoms with Gasteiger partial charge in [-0.25, -0.2) is 0 Å². The third-order valence-corrected chi connectivity index (χ3v) is 28.7. The highest BCUT2D eigenvalue weighted by molar-refractivity contribution is 8.01. The summed E-state index contributed by atoms with van der Waals surface area (Å²) in [6, 6.07) is 25.5. The average Bonchev–Trinajstić information content (AvgIpc) is 1.65. The number of methoxy groups -OCH3 is 5. The molecule has 3 N–H and O–H groups in total. The van der Waals surface area contributed by atoms with Crippen molar-refractivity contribution in [3.05, 3.63) is 187 Å². The van der Waals surface area contributed by atoms with Gasteiger partial charge < -0.3 is 116 Å². The molecule has 790 valence electrons.